The molecule has 1 heterocycles. The van der Waals surface area contributed by atoms with Gasteiger partial charge in [0.05, 0.1) is 5.69 Å². The molecule has 1 aliphatic rings. The highest BCUT2D eigenvalue weighted by atomic mass is 79.9. The second kappa shape index (κ2) is 6.91. The molecule has 0 aromatic heterocycles. The summed E-state index contributed by atoms with van der Waals surface area (Å²) in [5, 5.41) is 2.80. The number of amides is 1. The molecule has 0 spiro atoms. The van der Waals surface area contributed by atoms with E-state index in [4.69, 9.17) is 14.2 Å². The van der Waals surface area contributed by atoms with Crippen molar-refractivity contribution in [1.82, 2.24) is 0 Å². The van der Waals surface area contributed by atoms with E-state index in [1.165, 1.54) is 0 Å². The van der Waals surface area contributed by atoms with Crippen molar-refractivity contribution in [3.8, 4) is 17.2 Å². The van der Waals surface area contributed by atoms with Gasteiger partial charge in [0.15, 0.2) is 18.1 Å². The van der Waals surface area contributed by atoms with Gasteiger partial charge in [-0.1, -0.05) is 12.1 Å². The third-order valence-corrected chi connectivity index (χ3v) is 3.92. The van der Waals surface area contributed by atoms with E-state index in [1.807, 2.05) is 31.2 Å². The molecule has 0 atom stereocenters. The molecule has 1 N–H and O–H groups in total. The van der Waals surface area contributed by atoms with E-state index in [0.29, 0.717) is 36.1 Å². The average molecular weight is 378 g/mol. The summed E-state index contributed by atoms with van der Waals surface area (Å²) in [6.07, 6.45) is 0. The number of aryl methyl sites for hydroxylation is 1. The number of nitrogens with one attached hydrogen (secondary N) is 1. The van der Waals surface area contributed by atoms with Crippen LogP contribution >= 0.6 is 15.9 Å². The highest BCUT2D eigenvalue weighted by molar-refractivity contribution is 9.10. The Bertz CT molecular complexity index is 733. The number of halogens is 1. The van der Waals surface area contributed by atoms with Gasteiger partial charge in [-0.25, -0.2) is 0 Å². The third-order valence-electron chi connectivity index (χ3n) is 3.27. The van der Waals surface area contributed by atoms with E-state index in [0.717, 1.165) is 10.0 Å². The van der Waals surface area contributed by atoms with Crippen molar-refractivity contribution in [2.75, 3.05) is 25.1 Å². The average Bonchev–Trinajstić information content (AvgIpc) is 2.54. The molecule has 0 saturated carbocycles. The van der Waals surface area contributed by atoms with Gasteiger partial charge in [0.1, 0.15) is 19.0 Å². The molecule has 23 heavy (non-hydrogen) atoms. The number of fused-ring (bicyclic) bond motifs is 1. The first-order chi connectivity index (χ1) is 11.1. The van der Waals surface area contributed by atoms with Gasteiger partial charge in [0.2, 0.25) is 0 Å². The fourth-order valence-corrected chi connectivity index (χ4v) is 2.62. The van der Waals surface area contributed by atoms with E-state index >= 15 is 0 Å². The van der Waals surface area contributed by atoms with Crippen LogP contribution in [0.2, 0.25) is 0 Å². The molecule has 1 amide bonds. The van der Waals surface area contributed by atoms with E-state index in [2.05, 4.69) is 21.2 Å². The Balaban J connectivity index is 1.63. The minimum atomic E-state index is -0.246. The molecule has 0 saturated heterocycles. The number of hydrogen-bond donors (Lipinski definition) is 1. The molecule has 6 heteroatoms. The monoisotopic (exact) mass is 377 g/mol. The van der Waals surface area contributed by atoms with Crippen LogP contribution in [0.15, 0.2) is 40.9 Å². The lowest BCUT2D eigenvalue weighted by Gasteiger charge is -2.20. The number of carbonyl (C=O) groups excluding carboxylic acids is 1. The number of hydrogen-bond acceptors (Lipinski definition) is 4. The second-order valence-electron chi connectivity index (χ2n) is 5.13. The van der Waals surface area contributed by atoms with Crippen molar-refractivity contribution < 1.29 is 19.0 Å². The molecule has 0 fully saturated rings. The van der Waals surface area contributed by atoms with E-state index in [-0.39, 0.29) is 12.5 Å². The van der Waals surface area contributed by atoms with E-state index in [9.17, 15) is 4.79 Å². The van der Waals surface area contributed by atoms with Gasteiger partial charge in [0, 0.05) is 16.6 Å². The molecular formula is C17H16BrNO4. The van der Waals surface area contributed by atoms with Crippen LogP contribution in [0.5, 0.6) is 17.2 Å². The number of ether oxygens (including phenoxy) is 3. The van der Waals surface area contributed by atoms with Crippen molar-refractivity contribution in [3.63, 3.8) is 0 Å². The fourth-order valence-electron chi connectivity index (χ4n) is 2.20. The Hall–Kier alpha value is -2.21. The number of carbonyl (C=O) groups is 1. The van der Waals surface area contributed by atoms with Crippen LogP contribution in [0.1, 0.15) is 5.56 Å². The number of rotatable bonds is 4. The van der Waals surface area contributed by atoms with Gasteiger partial charge < -0.3 is 19.5 Å². The second-order valence-corrected chi connectivity index (χ2v) is 5.98. The zero-order chi connectivity index (χ0) is 16.2. The van der Waals surface area contributed by atoms with Gasteiger partial charge in [-0.05, 0) is 40.5 Å². The van der Waals surface area contributed by atoms with Gasteiger partial charge in [-0.2, -0.15) is 0 Å². The molecule has 5 nitrogen and oxygen atoms in total. The predicted molar refractivity (Wildman–Crippen MR) is 90.4 cm³/mol. The van der Waals surface area contributed by atoms with Crippen molar-refractivity contribution in [3.05, 3.63) is 46.4 Å². The first-order valence-electron chi connectivity index (χ1n) is 7.20. The largest absolute Gasteiger partial charge is 0.486 e. The number of benzene rings is 2. The Morgan fingerprint density at radius 2 is 1.96 bits per heavy atom. The van der Waals surface area contributed by atoms with Crippen LogP contribution in [0.4, 0.5) is 5.69 Å². The first kappa shape index (κ1) is 15.7. The van der Waals surface area contributed by atoms with Crippen molar-refractivity contribution in [2.45, 2.75) is 6.92 Å². The molecule has 120 valence electrons. The fraction of sp³-hybridized carbons (Fsp3) is 0.235. The number of anilines is 1. The zero-order valence-electron chi connectivity index (χ0n) is 12.6. The van der Waals surface area contributed by atoms with Crippen LogP contribution < -0.4 is 19.5 Å². The lowest BCUT2D eigenvalue weighted by Crippen LogP contribution is -2.21. The Labute approximate surface area is 142 Å². The van der Waals surface area contributed by atoms with Crippen LogP contribution in [-0.4, -0.2) is 25.7 Å². The van der Waals surface area contributed by atoms with Crippen molar-refractivity contribution in [1.29, 1.82) is 0 Å². The van der Waals surface area contributed by atoms with Gasteiger partial charge in [0.25, 0.3) is 5.91 Å². The quantitative estimate of drug-likeness (QED) is 0.884. The van der Waals surface area contributed by atoms with Gasteiger partial charge >= 0.3 is 0 Å². The maximum absolute atomic E-state index is 12.1. The normalized spacial score (nSPS) is 12.6. The van der Waals surface area contributed by atoms with Gasteiger partial charge in [-0.3, -0.25) is 4.79 Å². The highest BCUT2D eigenvalue weighted by Gasteiger charge is 2.16. The summed E-state index contributed by atoms with van der Waals surface area (Å²) >= 11 is 3.42. The standard InChI is InChI=1S/C17H16BrNO4/c1-11-3-2-4-12(7-11)23-10-17(20)19-14-9-16-15(8-13(14)18)21-5-6-22-16/h2-4,7-9H,5-6,10H2,1H3,(H,19,20). The Morgan fingerprint density at radius 3 is 2.70 bits per heavy atom. The van der Waals surface area contributed by atoms with Crippen LogP contribution in [-0.2, 0) is 4.79 Å². The van der Waals surface area contributed by atoms with Crippen LogP contribution in [0.25, 0.3) is 0 Å². The molecule has 0 aliphatic carbocycles. The Morgan fingerprint density at radius 1 is 1.22 bits per heavy atom. The van der Waals surface area contributed by atoms with Crippen molar-refractivity contribution >= 4 is 27.5 Å². The van der Waals surface area contributed by atoms with E-state index in [1.54, 1.807) is 12.1 Å². The van der Waals surface area contributed by atoms with Crippen molar-refractivity contribution in [2.24, 2.45) is 0 Å². The van der Waals surface area contributed by atoms with Crippen LogP contribution in [0.3, 0.4) is 0 Å². The SMILES string of the molecule is Cc1cccc(OCC(=O)Nc2cc3c(cc2Br)OCCO3)c1. The van der Waals surface area contributed by atoms with Crippen LogP contribution in [0, 0.1) is 6.92 Å². The summed E-state index contributed by atoms with van der Waals surface area (Å²) in [5.41, 5.74) is 1.70. The third kappa shape index (κ3) is 3.96. The summed E-state index contributed by atoms with van der Waals surface area (Å²) in [7, 11) is 0. The minimum absolute atomic E-state index is 0.0651. The lowest BCUT2D eigenvalue weighted by molar-refractivity contribution is -0.118. The van der Waals surface area contributed by atoms with Gasteiger partial charge in [-0.15, -0.1) is 0 Å². The summed E-state index contributed by atoms with van der Waals surface area (Å²) in [6, 6.07) is 11.1. The molecule has 3 rings (SSSR count). The topological polar surface area (TPSA) is 56.8 Å². The Kier molecular flexibility index (Phi) is 4.71. The summed E-state index contributed by atoms with van der Waals surface area (Å²) in [6.45, 7) is 2.93. The molecule has 2 aromatic carbocycles. The summed E-state index contributed by atoms with van der Waals surface area (Å²) in [5.74, 6) is 1.71. The summed E-state index contributed by atoms with van der Waals surface area (Å²) < 4.78 is 17.2. The molecule has 0 radical (unpaired) electrons. The molecule has 2 aromatic rings. The lowest BCUT2D eigenvalue weighted by atomic mass is 10.2. The maximum atomic E-state index is 12.1. The molecule has 1 aliphatic heterocycles. The maximum Gasteiger partial charge on any atom is 0.262 e. The highest BCUT2D eigenvalue weighted by Crippen LogP contribution is 2.38. The molecule has 0 unspecified atom stereocenters. The summed E-state index contributed by atoms with van der Waals surface area (Å²) in [4.78, 5) is 12.1. The molecule has 0 bridgehead atoms. The smallest absolute Gasteiger partial charge is 0.262 e. The molecular weight excluding hydrogens is 362 g/mol. The first-order valence-corrected chi connectivity index (χ1v) is 7.99. The predicted octanol–water partition coefficient (Wildman–Crippen LogP) is 3.55. The zero-order valence-corrected chi connectivity index (χ0v) is 14.2. The van der Waals surface area contributed by atoms with E-state index < -0.39 is 0 Å². The minimum Gasteiger partial charge on any atom is -0.486 e.